The summed E-state index contributed by atoms with van der Waals surface area (Å²) in [6, 6.07) is 15.4. The fourth-order valence-corrected chi connectivity index (χ4v) is 3.50. The summed E-state index contributed by atoms with van der Waals surface area (Å²) in [7, 11) is 0. The van der Waals surface area contributed by atoms with Crippen LogP contribution in [-0.4, -0.2) is 47.8 Å². The number of carbonyl (C=O) groups excluding carboxylic acids is 2. The van der Waals surface area contributed by atoms with Gasteiger partial charge in [0.2, 0.25) is 5.91 Å². The first kappa shape index (κ1) is 19.4. The van der Waals surface area contributed by atoms with Crippen LogP contribution in [0.25, 0.3) is 0 Å². The molecule has 0 radical (unpaired) electrons. The number of benzene rings is 2. The number of hydrogen-bond donors (Lipinski definition) is 0. The lowest BCUT2D eigenvalue weighted by molar-refractivity contribution is -0.132. The number of piperazine rings is 1. The predicted molar refractivity (Wildman–Crippen MR) is 108 cm³/mol. The molecule has 0 spiro atoms. The van der Waals surface area contributed by atoms with Crippen molar-refractivity contribution >= 4 is 23.4 Å². The van der Waals surface area contributed by atoms with Crippen LogP contribution in [0.3, 0.4) is 0 Å². The van der Waals surface area contributed by atoms with Gasteiger partial charge in [0.1, 0.15) is 0 Å². The lowest BCUT2D eigenvalue weighted by Gasteiger charge is -2.35. The van der Waals surface area contributed by atoms with Gasteiger partial charge in [0.25, 0.3) is 5.91 Å². The van der Waals surface area contributed by atoms with Crippen LogP contribution in [0.15, 0.2) is 48.5 Å². The molecule has 1 aliphatic rings. The molecule has 0 atom stereocenters. The van der Waals surface area contributed by atoms with Crippen LogP contribution in [0, 0.1) is 6.92 Å². The zero-order valence-electron chi connectivity index (χ0n) is 15.7. The summed E-state index contributed by atoms with van der Waals surface area (Å²) < 4.78 is 0. The highest BCUT2D eigenvalue weighted by Crippen LogP contribution is 2.14. The third-order valence-electron chi connectivity index (χ3n) is 4.95. The fourth-order valence-electron chi connectivity index (χ4n) is 3.37. The number of aryl methyl sites for hydroxylation is 2. The Labute approximate surface area is 165 Å². The fraction of sp³-hybridized carbons (Fsp3) is 0.364. The van der Waals surface area contributed by atoms with Crippen molar-refractivity contribution in [2.45, 2.75) is 26.2 Å². The molecule has 1 fully saturated rings. The van der Waals surface area contributed by atoms with Crippen molar-refractivity contribution in [3.63, 3.8) is 0 Å². The second-order valence-corrected chi connectivity index (χ2v) is 7.46. The average molecular weight is 385 g/mol. The van der Waals surface area contributed by atoms with E-state index in [0.29, 0.717) is 32.6 Å². The van der Waals surface area contributed by atoms with Gasteiger partial charge in [0.15, 0.2) is 0 Å². The van der Waals surface area contributed by atoms with E-state index >= 15 is 0 Å². The van der Waals surface area contributed by atoms with E-state index in [9.17, 15) is 9.59 Å². The number of hydrogen-bond acceptors (Lipinski definition) is 2. The second kappa shape index (κ2) is 9.05. The molecule has 142 valence electrons. The summed E-state index contributed by atoms with van der Waals surface area (Å²) in [5.74, 6) is 0.222. The van der Waals surface area contributed by atoms with Gasteiger partial charge in [-0.2, -0.15) is 0 Å². The van der Waals surface area contributed by atoms with E-state index < -0.39 is 0 Å². The number of nitrogens with zero attached hydrogens (tertiary/aromatic N) is 2. The molecule has 5 heteroatoms. The van der Waals surface area contributed by atoms with Crippen molar-refractivity contribution in [2.75, 3.05) is 26.2 Å². The van der Waals surface area contributed by atoms with Crippen LogP contribution in [0.2, 0.25) is 5.02 Å². The number of rotatable bonds is 5. The molecule has 2 aromatic rings. The standard InChI is InChI=1S/C22H25ClN2O2/c1-17-4-2-6-19(16-17)22(27)25-14-12-24(13-15-25)21(26)7-3-5-18-8-10-20(23)11-9-18/h2,4,6,8-11,16H,3,5,7,12-15H2,1H3. The molecule has 1 heterocycles. The topological polar surface area (TPSA) is 40.6 Å². The van der Waals surface area contributed by atoms with Gasteiger partial charge in [-0.15, -0.1) is 0 Å². The van der Waals surface area contributed by atoms with Crippen LogP contribution >= 0.6 is 11.6 Å². The maximum atomic E-state index is 12.6. The first-order chi connectivity index (χ1) is 13.0. The van der Waals surface area contributed by atoms with Gasteiger partial charge in [-0.25, -0.2) is 0 Å². The van der Waals surface area contributed by atoms with Gasteiger partial charge >= 0.3 is 0 Å². The largest absolute Gasteiger partial charge is 0.339 e. The summed E-state index contributed by atoms with van der Waals surface area (Å²) in [5, 5.41) is 0.730. The molecule has 0 aromatic heterocycles. The van der Waals surface area contributed by atoms with Gasteiger partial charge in [0.05, 0.1) is 0 Å². The zero-order chi connectivity index (χ0) is 19.2. The molecule has 0 bridgehead atoms. The Bertz CT molecular complexity index is 796. The normalized spacial score (nSPS) is 14.3. The molecule has 2 aromatic carbocycles. The zero-order valence-corrected chi connectivity index (χ0v) is 16.4. The van der Waals surface area contributed by atoms with Gasteiger partial charge < -0.3 is 9.80 Å². The quantitative estimate of drug-likeness (QED) is 0.783. The monoisotopic (exact) mass is 384 g/mol. The number of amides is 2. The Kier molecular flexibility index (Phi) is 6.51. The molecule has 3 rings (SSSR count). The van der Waals surface area contributed by atoms with E-state index in [0.717, 1.165) is 29.0 Å². The molecule has 0 aliphatic carbocycles. The summed E-state index contributed by atoms with van der Waals surface area (Å²) >= 11 is 5.89. The Morgan fingerprint density at radius 3 is 2.30 bits per heavy atom. The lowest BCUT2D eigenvalue weighted by Crippen LogP contribution is -2.50. The summed E-state index contributed by atoms with van der Waals surface area (Å²) in [4.78, 5) is 28.7. The van der Waals surface area contributed by atoms with Crippen molar-refractivity contribution < 1.29 is 9.59 Å². The third kappa shape index (κ3) is 5.33. The minimum atomic E-state index is 0.0496. The molecule has 27 heavy (non-hydrogen) atoms. The second-order valence-electron chi connectivity index (χ2n) is 7.02. The van der Waals surface area contributed by atoms with Crippen LogP contribution in [0.4, 0.5) is 0 Å². The van der Waals surface area contributed by atoms with E-state index in [1.807, 2.05) is 65.3 Å². The minimum Gasteiger partial charge on any atom is -0.339 e. The van der Waals surface area contributed by atoms with E-state index in [-0.39, 0.29) is 11.8 Å². The Hall–Kier alpha value is -2.33. The molecule has 1 saturated heterocycles. The average Bonchev–Trinajstić information content (AvgIpc) is 2.69. The van der Waals surface area contributed by atoms with Gasteiger partial charge in [-0.3, -0.25) is 9.59 Å². The molecule has 1 aliphatic heterocycles. The van der Waals surface area contributed by atoms with Crippen molar-refractivity contribution in [1.29, 1.82) is 0 Å². The van der Waals surface area contributed by atoms with Crippen LogP contribution in [0.1, 0.15) is 34.3 Å². The lowest BCUT2D eigenvalue weighted by atomic mass is 10.1. The van der Waals surface area contributed by atoms with Crippen LogP contribution < -0.4 is 0 Å². The van der Waals surface area contributed by atoms with E-state index in [1.165, 1.54) is 5.56 Å². The SMILES string of the molecule is Cc1cccc(C(=O)N2CCN(C(=O)CCCc3ccc(Cl)cc3)CC2)c1. The minimum absolute atomic E-state index is 0.0496. The molecule has 0 unspecified atom stereocenters. The smallest absolute Gasteiger partial charge is 0.253 e. The van der Waals surface area contributed by atoms with Gasteiger partial charge in [-0.05, 0) is 49.6 Å². The van der Waals surface area contributed by atoms with E-state index in [2.05, 4.69) is 0 Å². The van der Waals surface area contributed by atoms with E-state index in [4.69, 9.17) is 11.6 Å². The Morgan fingerprint density at radius 1 is 0.963 bits per heavy atom. The molecule has 4 nitrogen and oxygen atoms in total. The van der Waals surface area contributed by atoms with Crippen molar-refractivity contribution in [3.05, 3.63) is 70.2 Å². The van der Waals surface area contributed by atoms with Crippen molar-refractivity contribution in [3.8, 4) is 0 Å². The molecule has 2 amide bonds. The highest BCUT2D eigenvalue weighted by molar-refractivity contribution is 6.30. The maximum absolute atomic E-state index is 12.6. The van der Waals surface area contributed by atoms with E-state index in [1.54, 1.807) is 0 Å². The molecule has 0 saturated carbocycles. The Balaban J connectivity index is 1.43. The van der Waals surface area contributed by atoms with Gasteiger partial charge in [0, 0.05) is 43.2 Å². The highest BCUT2D eigenvalue weighted by atomic mass is 35.5. The van der Waals surface area contributed by atoms with Crippen LogP contribution in [-0.2, 0) is 11.2 Å². The molecular weight excluding hydrogens is 360 g/mol. The molecular formula is C22H25ClN2O2. The van der Waals surface area contributed by atoms with Crippen molar-refractivity contribution in [1.82, 2.24) is 9.80 Å². The van der Waals surface area contributed by atoms with Gasteiger partial charge in [-0.1, -0.05) is 41.4 Å². The summed E-state index contributed by atoms with van der Waals surface area (Å²) in [6.45, 7) is 4.39. The Morgan fingerprint density at radius 2 is 1.63 bits per heavy atom. The third-order valence-corrected chi connectivity index (χ3v) is 5.21. The highest BCUT2D eigenvalue weighted by Gasteiger charge is 2.24. The van der Waals surface area contributed by atoms with Crippen LogP contribution in [0.5, 0.6) is 0 Å². The number of carbonyl (C=O) groups is 2. The maximum Gasteiger partial charge on any atom is 0.253 e. The van der Waals surface area contributed by atoms with Crippen molar-refractivity contribution in [2.24, 2.45) is 0 Å². The predicted octanol–water partition coefficient (Wildman–Crippen LogP) is 3.96. The molecule has 0 N–H and O–H groups in total. The summed E-state index contributed by atoms with van der Waals surface area (Å²) in [6.07, 6.45) is 2.23. The summed E-state index contributed by atoms with van der Waals surface area (Å²) in [5.41, 5.74) is 2.99. The number of halogens is 1. The first-order valence-electron chi connectivity index (χ1n) is 9.41. The first-order valence-corrected chi connectivity index (χ1v) is 9.79.